The monoisotopic (exact) mass is 343 g/mol. The van der Waals surface area contributed by atoms with E-state index in [1.165, 1.54) is 11.3 Å². The highest BCUT2D eigenvalue weighted by atomic mass is 32.1. The first-order valence-electron chi connectivity index (χ1n) is 7.78. The lowest BCUT2D eigenvalue weighted by Crippen LogP contribution is -2.07. The summed E-state index contributed by atoms with van der Waals surface area (Å²) in [6.45, 7) is 3.90. The van der Waals surface area contributed by atoms with Gasteiger partial charge in [0.15, 0.2) is 0 Å². The van der Waals surface area contributed by atoms with Gasteiger partial charge in [-0.15, -0.1) is 11.3 Å². The number of rotatable bonds is 5. The van der Waals surface area contributed by atoms with Crippen LogP contribution in [-0.2, 0) is 4.79 Å². The lowest BCUT2D eigenvalue weighted by molar-refractivity contribution is -0.134. The van der Waals surface area contributed by atoms with Gasteiger partial charge < -0.3 is 9.15 Å². The maximum atomic E-state index is 12.2. The molecule has 124 valence electrons. The van der Waals surface area contributed by atoms with Gasteiger partial charge >= 0.3 is 11.6 Å². The Labute approximate surface area is 142 Å². The molecule has 0 saturated carbocycles. The van der Waals surface area contributed by atoms with E-state index in [0.717, 1.165) is 23.2 Å². The molecule has 3 aromatic rings. The van der Waals surface area contributed by atoms with Crippen molar-refractivity contribution < 1.29 is 13.9 Å². The van der Waals surface area contributed by atoms with Crippen molar-refractivity contribution in [3.8, 4) is 17.0 Å². The molecule has 0 aliphatic carbocycles. The van der Waals surface area contributed by atoms with E-state index < -0.39 is 5.63 Å². The number of aryl methyl sites for hydroxylation is 1. The molecule has 0 atom stereocenters. The van der Waals surface area contributed by atoms with E-state index >= 15 is 0 Å². The minimum absolute atomic E-state index is 0.284. The largest absolute Gasteiger partial charge is 0.426 e. The second kappa shape index (κ2) is 6.97. The van der Waals surface area contributed by atoms with Crippen LogP contribution in [0, 0.1) is 6.92 Å². The number of carbonyl (C=O) groups is 1. The summed E-state index contributed by atoms with van der Waals surface area (Å²) in [5, 5.41) is 3.47. The van der Waals surface area contributed by atoms with Crippen molar-refractivity contribution in [2.45, 2.75) is 33.1 Å². The molecule has 0 N–H and O–H groups in total. The standard InChI is InChI=1S/C18H17NO4S/c1-3-4-5-17(20)22-13-7-6-12-8-14(15-10-24-11(2)19-15)18(21)23-16(12)9-13/h6-10H,3-5H2,1-2H3. The lowest BCUT2D eigenvalue weighted by Gasteiger charge is -2.05. The molecule has 6 heteroatoms. The molecule has 0 aliphatic heterocycles. The number of carbonyl (C=O) groups excluding carboxylic acids is 1. The van der Waals surface area contributed by atoms with Crippen molar-refractivity contribution in [2.24, 2.45) is 0 Å². The minimum Gasteiger partial charge on any atom is -0.426 e. The fourth-order valence-corrected chi connectivity index (χ4v) is 2.94. The number of ether oxygens (including phenoxy) is 1. The molecular formula is C18H17NO4S. The number of hydrogen-bond donors (Lipinski definition) is 0. The Morgan fingerprint density at radius 3 is 2.88 bits per heavy atom. The summed E-state index contributed by atoms with van der Waals surface area (Å²) < 4.78 is 10.6. The smallest absolute Gasteiger partial charge is 0.345 e. The van der Waals surface area contributed by atoms with E-state index in [-0.39, 0.29) is 5.97 Å². The number of thiazole rings is 1. The van der Waals surface area contributed by atoms with E-state index in [1.54, 1.807) is 24.3 Å². The predicted octanol–water partition coefficient (Wildman–Crippen LogP) is 4.32. The molecule has 1 aromatic carbocycles. The number of benzene rings is 1. The number of esters is 1. The number of hydrogen-bond acceptors (Lipinski definition) is 6. The number of nitrogens with zero attached hydrogens (tertiary/aromatic N) is 1. The number of fused-ring (bicyclic) bond motifs is 1. The van der Waals surface area contributed by atoms with Gasteiger partial charge in [0.2, 0.25) is 0 Å². The van der Waals surface area contributed by atoms with Crippen molar-refractivity contribution >= 4 is 28.3 Å². The summed E-state index contributed by atoms with van der Waals surface area (Å²) in [5.41, 5.74) is 0.974. The van der Waals surface area contributed by atoms with Crippen LogP contribution >= 0.6 is 11.3 Å². The average molecular weight is 343 g/mol. The highest BCUT2D eigenvalue weighted by Crippen LogP contribution is 2.25. The minimum atomic E-state index is -0.456. The fourth-order valence-electron chi connectivity index (χ4n) is 2.32. The second-order valence-corrected chi connectivity index (χ2v) is 6.54. The van der Waals surface area contributed by atoms with Gasteiger partial charge in [-0.05, 0) is 31.5 Å². The van der Waals surface area contributed by atoms with E-state index in [9.17, 15) is 9.59 Å². The van der Waals surface area contributed by atoms with Crippen molar-refractivity contribution in [1.29, 1.82) is 0 Å². The topological polar surface area (TPSA) is 69.4 Å². The third-order valence-electron chi connectivity index (χ3n) is 3.57. The molecule has 2 heterocycles. The summed E-state index contributed by atoms with van der Waals surface area (Å²) in [5.74, 6) is 0.0946. The predicted molar refractivity (Wildman–Crippen MR) is 93.5 cm³/mol. The summed E-state index contributed by atoms with van der Waals surface area (Å²) >= 11 is 1.48. The molecule has 0 fully saturated rings. The third-order valence-corrected chi connectivity index (χ3v) is 4.34. The molecule has 0 saturated heterocycles. The van der Waals surface area contributed by atoms with Crippen LogP contribution in [0.5, 0.6) is 5.75 Å². The Balaban J connectivity index is 1.91. The van der Waals surface area contributed by atoms with Gasteiger partial charge in [0, 0.05) is 23.3 Å². The van der Waals surface area contributed by atoms with Crippen LogP contribution in [0.2, 0.25) is 0 Å². The Bertz CT molecular complexity index is 942. The van der Waals surface area contributed by atoms with Crippen LogP contribution in [0.4, 0.5) is 0 Å². The van der Waals surface area contributed by atoms with Gasteiger partial charge in [0.05, 0.1) is 16.3 Å². The van der Waals surface area contributed by atoms with Crippen LogP contribution in [0.25, 0.3) is 22.2 Å². The number of unbranched alkanes of at least 4 members (excludes halogenated alkanes) is 1. The zero-order valence-corrected chi connectivity index (χ0v) is 14.3. The quantitative estimate of drug-likeness (QED) is 0.392. The normalized spacial score (nSPS) is 10.9. The first-order chi connectivity index (χ1) is 11.6. The lowest BCUT2D eigenvalue weighted by atomic mass is 10.1. The molecule has 0 bridgehead atoms. The fraction of sp³-hybridized carbons (Fsp3) is 0.278. The average Bonchev–Trinajstić information content (AvgIpc) is 2.98. The first kappa shape index (κ1) is 16.4. The van der Waals surface area contributed by atoms with E-state index in [2.05, 4.69) is 4.98 Å². The van der Waals surface area contributed by atoms with Crippen LogP contribution in [0.3, 0.4) is 0 Å². The summed E-state index contributed by atoms with van der Waals surface area (Å²) in [6, 6.07) is 6.78. The SMILES string of the molecule is CCCCC(=O)Oc1ccc2cc(-c3csc(C)n3)c(=O)oc2c1. The molecule has 0 amide bonds. The van der Waals surface area contributed by atoms with E-state index in [1.807, 2.05) is 19.2 Å². The van der Waals surface area contributed by atoms with Crippen LogP contribution in [0.1, 0.15) is 31.2 Å². The zero-order chi connectivity index (χ0) is 17.1. The molecule has 0 radical (unpaired) electrons. The maximum absolute atomic E-state index is 12.2. The Morgan fingerprint density at radius 2 is 2.17 bits per heavy atom. The Morgan fingerprint density at radius 1 is 1.33 bits per heavy atom. The van der Waals surface area contributed by atoms with Crippen LogP contribution < -0.4 is 10.4 Å². The molecule has 0 unspecified atom stereocenters. The Hall–Kier alpha value is -2.47. The van der Waals surface area contributed by atoms with Gasteiger partial charge in [0.1, 0.15) is 11.3 Å². The second-order valence-electron chi connectivity index (χ2n) is 5.48. The van der Waals surface area contributed by atoms with E-state index in [4.69, 9.17) is 9.15 Å². The van der Waals surface area contributed by atoms with Crippen molar-refractivity contribution in [3.63, 3.8) is 0 Å². The summed E-state index contributed by atoms with van der Waals surface area (Å²) in [4.78, 5) is 28.2. The molecule has 24 heavy (non-hydrogen) atoms. The maximum Gasteiger partial charge on any atom is 0.345 e. The highest BCUT2D eigenvalue weighted by Gasteiger charge is 2.12. The van der Waals surface area contributed by atoms with Crippen molar-refractivity contribution in [3.05, 3.63) is 45.1 Å². The molecule has 0 aliphatic rings. The van der Waals surface area contributed by atoms with Gasteiger partial charge in [-0.1, -0.05) is 13.3 Å². The summed E-state index contributed by atoms with van der Waals surface area (Å²) in [7, 11) is 0. The van der Waals surface area contributed by atoms with Crippen molar-refractivity contribution in [1.82, 2.24) is 4.98 Å². The number of aromatic nitrogens is 1. The van der Waals surface area contributed by atoms with Crippen molar-refractivity contribution in [2.75, 3.05) is 0 Å². The molecule has 2 aromatic heterocycles. The highest BCUT2D eigenvalue weighted by molar-refractivity contribution is 7.09. The zero-order valence-electron chi connectivity index (χ0n) is 13.5. The molecule has 5 nitrogen and oxygen atoms in total. The van der Waals surface area contributed by atoms with Gasteiger partial charge in [0.25, 0.3) is 0 Å². The van der Waals surface area contributed by atoms with Crippen LogP contribution in [-0.4, -0.2) is 11.0 Å². The van der Waals surface area contributed by atoms with Gasteiger partial charge in [-0.2, -0.15) is 0 Å². The van der Waals surface area contributed by atoms with E-state index in [0.29, 0.717) is 29.0 Å². The molecule has 0 spiro atoms. The molecule has 3 rings (SSSR count). The van der Waals surface area contributed by atoms with Gasteiger partial charge in [-0.25, -0.2) is 9.78 Å². The molecular weight excluding hydrogens is 326 g/mol. The Kier molecular flexibility index (Phi) is 4.76. The van der Waals surface area contributed by atoms with Gasteiger partial charge in [-0.3, -0.25) is 4.79 Å². The third kappa shape index (κ3) is 3.54. The van der Waals surface area contributed by atoms with Crippen LogP contribution in [0.15, 0.2) is 38.9 Å². The first-order valence-corrected chi connectivity index (χ1v) is 8.66. The summed E-state index contributed by atoms with van der Waals surface area (Å²) in [6.07, 6.45) is 2.10.